The molecule has 2 heteroatoms. The van der Waals surface area contributed by atoms with E-state index < -0.39 is 0 Å². The number of rotatable bonds is 6. The van der Waals surface area contributed by atoms with Crippen LogP contribution < -0.4 is 0 Å². The molecule has 0 aliphatic carbocycles. The van der Waals surface area contributed by atoms with Crippen molar-refractivity contribution in [1.82, 2.24) is 9.80 Å². The van der Waals surface area contributed by atoms with Gasteiger partial charge in [-0.1, -0.05) is 50.6 Å². The standard InChI is InChI=1S/C17H28N2/c1-3-8-17(4-2)19-13-11-18(12-14-19)15-16-9-6-5-7-10-16/h5-7,9-10,17H,3-4,8,11-15H2,1-2H3/t17-/m1/s1. The summed E-state index contributed by atoms with van der Waals surface area (Å²) < 4.78 is 0. The van der Waals surface area contributed by atoms with E-state index in [1.165, 1.54) is 51.0 Å². The van der Waals surface area contributed by atoms with Crippen LogP contribution in [0, 0.1) is 0 Å². The van der Waals surface area contributed by atoms with Crippen molar-refractivity contribution in [3.63, 3.8) is 0 Å². The SMILES string of the molecule is CCC[C@@H](CC)N1CCN(Cc2ccccc2)CC1. The fourth-order valence-corrected chi connectivity index (χ4v) is 3.11. The van der Waals surface area contributed by atoms with Crippen LogP contribution in [0.1, 0.15) is 38.7 Å². The number of piperazine rings is 1. The average Bonchev–Trinajstić information content (AvgIpc) is 2.47. The second-order valence-electron chi connectivity index (χ2n) is 5.65. The highest BCUT2D eigenvalue weighted by Gasteiger charge is 2.21. The summed E-state index contributed by atoms with van der Waals surface area (Å²) in [5, 5.41) is 0. The Hall–Kier alpha value is -0.860. The zero-order chi connectivity index (χ0) is 13.5. The van der Waals surface area contributed by atoms with Crippen LogP contribution in [0.15, 0.2) is 30.3 Å². The molecule has 0 aromatic heterocycles. The number of hydrogen-bond donors (Lipinski definition) is 0. The van der Waals surface area contributed by atoms with Crippen molar-refractivity contribution in [2.24, 2.45) is 0 Å². The first-order chi connectivity index (χ1) is 9.33. The molecule has 0 radical (unpaired) electrons. The van der Waals surface area contributed by atoms with Crippen LogP contribution in [-0.2, 0) is 6.54 Å². The molecule has 1 aromatic carbocycles. The third-order valence-corrected chi connectivity index (χ3v) is 4.27. The van der Waals surface area contributed by atoms with E-state index in [-0.39, 0.29) is 0 Å². The van der Waals surface area contributed by atoms with Crippen LogP contribution in [0.3, 0.4) is 0 Å². The van der Waals surface area contributed by atoms with Crippen LogP contribution in [0.25, 0.3) is 0 Å². The lowest BCUT2D eigenvalue weighted by Gasteiger charge is -2.39. The van der Waals surface area contributed by atoms with Gasteiger partial charge in [-0.25, -0.2) is 0 Å². The van der Waals surface area contributed by atoms with Crippen LogP contribution in [0.2, 0.25) is 0 Å². The Kier molecular flexibility index (Phi) is 5.87. The van der Waals surface area contributed by atoms with Gasteiger partial charge in [0.1, 0.15) is 0 Å². The molecule has 0 amide bonds. The smallest absolute Gasteiger partial charge is 0.0234 e. The summed E-state index contributed by atoms with van der Waals surface area (Å²) >= 11 is 0. The summed E-state index contributed by atoms with van der Waals surface area (Å²) in [5.41, 5.74) is 1.44. The van der Waals surface area contributed by atoms with E-state index in [2.05, 4.69) is 54.0 Å². The summed E-state index contributed by atoms with van der Waals surface area (Å²) in [6, 6.07) is 11.7. The summed E-state index contributed by atoms with van der Waals surface area (Å²) in [6.07, 6.45) is 3.96. The van der Waals surface area contributed by atoms with Gasteiger partial charge in [-0.2, -0.15) is 0 Å². The Labute approximate surface area is 118 Å². The van der Waals surface area contributed by atoms with Crippen molar-refractivity contribution in [2.45, 2.75) is 45.7 Å². The van der Waals surface area contributed by atoms with E-state index in [1.54, 1.807) is 0 Å². The summed E-state index contributed by atoms with van der Waals surface area (Å²) in [5.74, 6) is 0. The summed E-state index contributed by atoms with van der Waals surface area (Å²) in [4.78, 5) is 5.29. The monoisotopic (exact) mass is 260 g/mol. The zero-order valence-electron chi connectivity index (χ0n) is 12.5. The lowest BCUT2D eigenvalue weighted by Crippen LogP contribution is -2.49. The average molecular weight is 260 g/mol. The molecular formula is C17H28N2. The van der Waals surface area contributed by atoms with Crippen molar-refractivity contribution in [1.29, 1.82) is 0 Å². The molecule has 1 aromatic rings. The second kappa shape index (κ2) is 7.66. The normalized spacial score (nSPS) is 19.5. The first-order valence-corrected chi connectivity index (χ1v) is 7.83. The molecule has 19 heavy (non-hydrogen) atoms. The lowest BCUT2D eigenvalue weighted by molar-refractivity contribution is 0.0858. The van der Waals surface area contributed by atoms with Gasteiger partial charge in [-0.15, -0.1) is 0 Å². The molecule has 0 unspecified atom stereocenters. The predicted molar refractivity (Wildman–Crippen MR) is 82.3 cm³/mol. The Bertz CT molecular complexity index is 342. The van der Waals surface area contributed by atoms with E-state index in [9.17, 15) is 0 Å². The molecule has 0 N–H and O–H groups in total. The zero-order valence-corrected chi connectivity index (χ0v) is 12.5. The molecule has 0 saturated carbocycles. The first kappa shape index (κ1) is 14.5. The third-order valence-electron chi connectivity index (χ3n) is 4.27. The van der Waals surface area contributed by atoms with E-state index in [1.807, 2.05) is 0 Å². The van der Waals surface area contributed by atoms with Gasteiger partial charge in [-0.3, -0.25) is 9.80 Å². The summed E-state index contributed by atoms with van der Waals surface area (Å²) in [7, 11) is 0. The molecule has 1 aliphatic rings. The van der Waals surface area contributed by atoms with Crippen molar-refractivity contribution < 1.29 is 0 Å². The molecule has 1 heterocycles. The molecule has 2 rings (SSSR count). The van der Waals surface area contributed by atoms with Crippen molar-refractivity contribution >= 4 is 0 Å². The Morgan fingerprint density at radius 1 is 1.00 bits per heavy atom. The predicted octanol–water partition coefficient (Wildman–Crippen LogP) is 3.38. The highest BCUT2D eigenvalue weighted by molar-refractivity contribution is 5.14. The molecular weight excluding hydrogens is 232 g/mol. The number of hydrogen-bond acceptors (Lipinski definition) is 2. The molecule has 1 fully saturated rings. The maximum atomic E-state index is 2.70. The Morgan fingerprint density at radius 2 is 1.68 bits per heavy atom. The number of benzene rings is 1. The molecule has 1 atom stereocenters. The van der Waals surface area contributed by atoms with E-state index in [0.29, 0.717) is 0 Å². The maximum absolute atomic E-state index is 2.70. The van der Waals surface area contributed by atoms with Crippen molar-refractivity contribution in [3.8, 4) is 0 Å². The van der Waals surface area contributed by atoms with Gasteiger partial charge < -0.3 is 0 Å². The Morgan fingerprint density at radius 3 is 2.26 bits per heavy atom. The molecule has 2 nitrogen and oxygen atoms in total. The molecule has 0 bridgehead atoms. The number of nitrogens with zero attached hydrogens (tertiary/aromatic N) is 2. The van der Waals surface area contributed by atoms with Gasteiger partial charge in [0.25, 0.3) is 0 Å². The van der Waals surface area contributed by atoms with Crippen molar-refractivity contribution in [3.05, 3.63) is 35.9 Å². The quantitative estimate of drug-likeness (QED) is 0.773. The third kappa shape index (κ3) is 4.32. The second-order valence-corrected chi connectivity index (χ2v) is 5.65. The minimum Gasteiger partial charge on any atom is -0.298 e. The molecule has 1 aliphatic heterocycles. The highest BCUT2D eigenvalue weighted by atomic mass is 15.3. The fourth-order valence-electron chi connectivity index (χ4n) is 3.11. The van der Waals surface area contributed by atoms with Gasteiger partial charge >= 0.3 is 0 Å². The molecule has 1 saturated heterocycles. The fraction of sp³-hybridized carbons (Fsp3) is 0.647. The minimum absolute atomic E-state index is 0.809. The van der Waals surface area contributed by atoms with Crippen LogP contribution in [0.4, 0.5) is 0 Å². The van der Waals surface area contributed by atoms with Gasteiger partial charge in [0.2, 0.25) is 0 Å². The largest absolute Gasteiger partial charge is 0.298 e. The minimum atomic E-state index is 0.809. The van der Waals surface area contributed by atoms with Crippen molar-refractivity contribution in [2.75, 3.05) is 26.2 Å². The lowest BCUT2D eigenvalue weighted by atomic mass is 10.1. The molecule has 0 spiro atoms. The highest BCUT2D eigenvalue weighted by Crippen LogP contribution is 2.15. The van der Waals surface area contributed by atoms with E-state index >= 15 is 0 Å². The summed E-state index contributed by atoms with van der Waals surface area (Å²) in [6.45, 7) is 10.7. The van der Waals surface area contributed by atoms with Crippen LogP contribution >= 0.6 is 0 Å². The first-order valence-electron chi connectivity index (χ1n) is 7.83. The van der Waals surface area contributed by atoms with Crippen LogP contribution in [-0.4, -0.2) is 42.0 Å². The topological polar surface area (TPSA) is 6.48 Å². The van der Waals surface area contributed by atoms with Gasteiger partial charge in [0.05, 0.1) is 0 Å². The Balaban J connectivity index is 1.79. The maximum Gasteiger partial charge on any atom is 0.0234 e. The van der Waals surface area contributed by atoms with Gasteiger partial charge in [0.15, 0.2) is 0 Å². The molecule has 106 valence electrons. The van der Waals surface area contributed by atoms with Gasteiger partial charge in [-0.05, 0) is 18.4 Å². The van der Waals surface area contributed by atoms with Crippen LogP contribution in [0.5, 0.6) is 0 Å². The van der Waals surface area contributed by atoms with E-state index in [4.69, 9.17) is 0 Å². The van der Waals surface area contributed by atoms with Gasteiger partial charge in [0, 0.05) is 38.8 Å². The van der Waals surface area contributed by atoms with E-state index in [0.717, 1.165) is 12.6 Å².